The first-order chi connectivity index (χ1) is 36.0. The second-order valence-corrected chi connectivity index (χ2v) is 22.7. The molecule has 1 atom stereocenters. The molecular weight excluding hydrogens is 901 g/mol. The molecule has 0 aromatic rings. The third kappa shape index (κ3) is 60.9. The fraction of sp³-hybridized carbons (Fsp3) is 0.925. The summed E-state index contributed by atoms with van der Waals surface area (Å²) in [4.78, 5) is 38.0. The number of rotatable bonds is 62. The molecule has 0 radical (unpaired) electrons. The maximum absolute atomic E-state index is 12.8. The summed E-state index contributed by atoms with van der Waals surface area (Å²) in [5.41, 5.74) is 0. The average molecular weight is 1030 g/mol. The van der Waals surface area contributed by atoms with Crippen LogP contribution in [-0.2, 0) is 28.6 Å². The lowest BCUT2D eigenvalue weighted by Gasteiger charge is -2.18. The van der Waals surface area contributed by atoms with Crippen molar-refractivity contribution in [1.29, 1.82) is 0 Å². The Morgan fingerprint density at radius 1 is 0.260 bits per heavy atom. The van der Waals surface area contributed by atoms with Crippen molar-refractivity contribution in [2.24, 2.45) is 0 Å². The molecule has 6 nitrogen and oxygen atoms in total. The molecule has 0 aliphatic heterocycles. The normalized spacial score (nSPS) is 12.0. The molecule has 432 valence electrons. The first-order valence-electron chi connectivity index (χ1n) is 33.2. The van der Waals surface area contributed by atoms with Gasteiger partial charge in [0.05, 0.1) is 0 Å². The number of carbonyl (C=O) groups excluding carboxylic acids is 3. The van der Waals surface area contributed by atoms with Crippen LogP contribution in [0.2, 0.25) is 0 Å². The van der Waals surface area contributed by atoms with E-state index in [-0.39, 0.29) is 31.1 Å². The highest BCUT2D eigenvalue weighted by Gasteiger charge is 2.19. The summed E-state index contributed by atoms with van der Waals surface area (Å²) in [5.74, 6) is -0.859. The van der Waals surface area contributed by atoms with E-state index in [4.69, 9.17) is 14.2 Å². The molecule has 6 heteroatoms. The number of allylic oxidation sites excluding steroid dienone is 2. The third-order valence-corrected chi connectivity index (χ3v) is 15.3. The van der Waals surface area contributed by atoms with Gasteiger partial charge in [0.15, 0.2) is 6.10 Å². The minimum absolute atomic E-state index is 0.0681. The van der Waals surface area contributed by atoms with Gasteiger partial charge < -0.3 is 14.2 Å². The van der Waals surface area contributed by atoms with Crippen LogP contribution < -0.4 is 0 Å². The van der Waals surface area contributed by atoms with E-state index < -0.39 is 6.10 Å². The highest BCUT2D eigenvalue weighted by Crippen LogP contribution is 2.19. The topological polar surface area (TPSA) is 78.9 Å². The molecule has 0 amide bonds. The predicted molar refractivity (Wildman–Crippen MR) is 317 cm³/mol. The maximum Gasteiger partial charge on any atom is 0.306 e. The highest BCUT2D eigenvalue weighted by molar-refractivity contribution is 5.71. The molecule has 0 saturated heterocycles. The van der Waals surface area contributed by atoms with Gasteiger partial charge in [-0.3, -0.25) is 14.4 Å². The molecule has 0 saturated carbocycles. The van der Waals surface area contributed by atoms with E-state index >= 15 is 0 Å². The van der Waals surface area contributed by atoms with Gasteiger partial charge in [-0.15, -0.1) is 0 Å². The molecule has 1 unspecified atom stereocenters. The van der Waals surface area contributed by atoms with Crippen LogP contribution in [0, 0.1) is 0 Å². The highest BCUT2D eigenvalue weighted by atomic mass is 16.6. The zero-order chi connectivity index (χ0) is 52.9. The van der Waals surface area contributed by atoms with Crippen LogP contribution in [0.3, 0.4) is 0 Å². The average Bonchev–Trinajstić information content (AvgIpc) is 3.39. The van der Waals surface area contributed by atoms with Crippen molar-refractivity contribution in [3.8, 4) is 0 Å². The summed E-state index contributed by atoms with van der Waals surface area (Å²) in [6.45, 7) is 6.65. The van der Waals surface area contributed by atoms with Gasteiger partial charge in [0.1, 0.15) is 13.2 Å². The van der Waals surface area contributed by atoms with Crippen LogP contribution in [0.15, 0.2) is 12.2 Å². The van der Waals surface area contributed by atoms with Crippen LogP contribution in [0.25, 0.3) is 0 Å². The lowest BCUT2D eigenvalue weighted by atomic mass is 10.0. The number of hydrogen-bond donors (Lipinski definition) is 0. The zero-order valence-corrected chi connectivity index (χ0v) is 49.7. The van der Waals surface area contributed by atoms with Crippen LogP contribution in [0.1, 0.15) is 380 Å². The summed E-state index contributed by atoms with van der Waals surface area (Å²) in [5, 5.41) is 0. The van der Waals surface area contributed by atoms with Crippen LogP contribution in [0.4, 0.5) is 0 Å². The molecule has 0 spiro atoms. The summed E-state index contributed by atoms with van der Waals surface area (Å²) in [6, 6.07) is 0. The molecule has 0 aromatic carbocycles. The van der Waals surface area contributed by atoms with Crippen molar-refractivity contribution in [3.05, 3.63) is 12.2 Å². The van der Waals surface area contributed by atoms with Crippen LogP contribution in [-0.4, -0.2) is 37.2 Å². The van der Waals surface area contributed by atoms with Gasteiger partial charge >= 0.3 is 17.9 Å². The Balaban J connectivity index is 3.90. The fourth-order valence-corrected chi connectivity index (χ4v) is 10.3. The molecule has 0 aromatic heterocycles. The Morgan fingerprint density at radius 2 is 0.452 bits per heavy atom. The van der Waals surface area contributed by atoms with E-state index in [9.17, 15) is 14.4 Å². The minimum Gasteiger partial charge on any atom is -0.462 e. The minimum atomic E-state index is -0.768. The Bertz CT molecular complexity index is 1130. The van der Waals surface area contributed by atoms with Crippen molar-refractivity contribution >= 4 is 17.9 Å². The van der Waals surface area contributed by atoms with Gasteiger partial charge in [-0.2, -0.15) is 0 Å². The van der Waals surface area contributed by atoms with E-state index in [0.717, 1.165) is 64.2 Å². The smallest absolute Gasteiger partial charge is 0.306 e. The van der Waals surface area contributed by atoms with Crippen LogP contribution in [0.5, 0.6) is 0 Å². The van der Waals surface area contributed by atoms with E-state index in [1.54, 1.807) is 0 Å². The maximum atomic E-state index is 12.8. The molecule has 0 N–H and O–H groups in total. The number of esters is 3. The second-order valence-electron chi connectivity index (χ2n) is 22.7. The largest absolute Gasteiger partial charge is 0.462 e. The quantitative estimate of drug-likeness (QED) is 0.0261. The molecule has 0 rings (SSSR count). The first kappa shape index (κ1) is 71.2. The predicted octanol–water partition coefficient (Wildman–Crippen LogP) is 22.4. The Hall–Kier alpha value is -1.85. The lowest BCUT2D eigenvalue weighted by Crippen LogP contribution is -2.30. The van der Waals surface area contributed by atoms with Gasteiger partial charge in [-0.1, -0.05) is 328 Å². The number of hydrogen-bond acceptors (Lipinski definition) is 6. The molecule has 73 heavy (non-hydrogen) atoms. The monoisotopic (exact) mass is 1030 g/mol. The molecule has 0 fully saturated rings. The van der Waals surface area contributed by atoms with E-state index in [2.05, 4.69) is 32.9 Å². The van der Waals surface area contributed by atoms with E-state index in [0.29, 0.717) is 19.3 Å². The van der Waals surface area contributed by atoms with Crippen LogP contribution >= 0.6 is 0 Å². The zero-order valence-electron chi connectivity index (χ0n) is 49.7. The fourth-order valence-electron chi connectivity index (χ4n) is 10.3. The first-order valence-corrected chi connectivity index (χ1v) is 33.2. The molecule has 0 aliphatic rings. The van der Waals surface area contributed by atoms with Crippen molar-refractivity contribution in [1.82, 2.24) is 0 Å². The van der Waals surface area contributed by atoms with Crippen molar-refractivity contribution in [3.63, 3.8) is 0 Å². The van der Waals surface area contributed by atoms with Gasteiger partial charge in [-0.05, 0) is 44.9 Å². The summed E-state index contributed by atoms with van der Waals surface area (Å²) < 4.78 is 16.8. The Labute approximate surface area is 456 Å². The second kappa shape index (κ2) is 62.7. The van der Waals surface area contributed by atoms with Crippen molar-refractivity contribution in [2.45, 2.75) is 386 Å². The number of ether oxygens (including phenoxy) is 3. The number of unbranched alkanes of at least 4 members (excludes halogenated alkanes) is 49. The molecule has 0 aliphatic carbocycles. The van der Waals surface area contributed by atoms with E-state index in [1.165, 1.54) is 276 Å². The van der Waals surface area contributed by atoms with Gasteiger partial charge in [0.25, 0.3) is 0 Å². The van der Waals surface area contributed by atoms with Gasteiger partial charge in [0.2, 0.25) is 0 Å². The van der Waals surface area contributed by atoms with Gasteiger partial charge in [-0.25, -0.2) is 0 Å². The molecular formula is C67H128O6. The third-order valence-electron chi connectivity index (χ3n) is 15.3. The lowest BCUT2D eigenvalue weighted by molar-refractivity contribution is -0.167. The summed E-state index contributed by atoms with van der Waals surface area (Å²) >= 11 is 0. The number of carbonyl (C=O) groups is 3. The Kier molecular flexibility index (Phi) is 61.1. The van der Waals surface area contributed by atoms with Crippen molar-refractivity contribution in [2.75, 3.05) is 13.2 Å². The Morgan fingerprint density at radius 3 is 0.699 bits per heavy atom. The molecule has 0 bridgehead atoms. The summed E-state index contributed by atoms with van der Waals surface area (Å²) in [6.07, 6.45) is 74.2. The molecule has 0 heterocycles. The van der Waals surface area contributed by atoms with E-state index in [1.807, 2.05) is 0 Å². The van der Waals surface area contributed by atoms with Crippen molar-refractivity contribution < 1.29 is 28.6 Å². The standard InChI is InChI=1S/C67H128O6/c1-4-7-10-13-16-19-21-23-24-25-26-27-28-29-30-31-32-33-34-35-36-37-38-39-40-41-42-43-45-46-48-51-54-57-60-66(69)72-63-64(62-71-65(68)59-56-53-50-18-15-12-9-6-3)73-67(70)61-58-55-52-49-47-44-22-20-17-14-11-8-5-2/h20,22,64H,4-19,21,23-63H2,1-3H3/b22-20-. The van der Waals surface area contributed by atoms with Gasteiger partial charge in [0, 0.05) is 19.3 Å². The summed E-state index contributed by atoms with van der Waals surface area (Å²) in [7, 11) is 0. The SMILES string of the molecule is CCCCCC/C=C\CCCCCCCC(=O)OC(COC(=O)CCCCCCCCCC)COC(=O)CCCCCCCCCCCCCCCCCCCCCCCCCCCCCCCCCCCC.